The molecule has 4 aromatic rings. The smallest absolute Gasteiger partial charge is 0.196 e. The maximum absolute atomic E-state index is 13.9. The molecule has 0 saturated carbocycles. The molecule has 0 fully saturated rings. The first-order valence-corrected chi connectivity index (χ1v) is 12.9. The standard InChI is InChI=1S/C31H31ClN2O2/c1-5-26(34-19-31(3,4)33-30(34)22-13-11-20(2)12-14-22)29-25(17-21-9-7-6-8-10-21)28(35)24-16-15-23(32)18-27(24)36-29/h6-16,18,26H,5,17,19H2,1-4H3. The summed E-state index contributed by atoms with van der Waals surface area (Å²) in [5.41, 5.74) is 4.30. The van der Waals surface area contributed by atoms with Crippen molar-refractivity contribution in [2.75, 3.05) is 6.54 Å². The molecule has 1 unspecified atom stereocenters. The summed E-state index contributed by atoms with van der Waals surface area (Å²) in [6.45, 7) is 9.25. The van der Waals surface area contributed by atoms with Gasteiger partial charge in [0, 0.05) is 35.2 Å². The van der Waals surface area contributed by atoms with Gasteiger partial charge < -0.3 is 9.32 Å². The molecule has 1 aromatic heterocycles. The van der Waals surface area contributed by atoms with E-state index in [-0.39, 0.29) is 17.0 Å². The van der Waals surface area contributed by atoms with Crippen LogP contribution in [0.5, 0.6) is 0 Å². The maximum atomic E-state index is 13.9. The van der Waals surface area contributed by atoms with Crippen LogP contribution in [0.3, 0.4) is 0 Å². The molecule has 2 heterocycles. The lowest BCUT2D eigenvalue weighted by Gasteiger charge is -2.32. The van der Waals surface area contributed by atoms with Gasteiger partial charge in [-0.25, -0.2) is 0 Å². The lowest BCUT2D eigenvalue weighted by atomic mass is 9.96. The second-order valence-electron chi connectivity index (χ2n) is 10.2. The van der Waals surface area contributed by atoms with Gasteiger partial charge in [-0.2, -0.15) is 0 Å². The summed E-state index contributed by atoms with van der Waals surface area (Å²) in [5.74, 6) is 1.63. The fourth-order valence-electron chi connectivity index (χ4n) is 5.08. The van der Waals surface area contributed by atoms with Crippen LogP contribution < -0.4 is 5.43 Å². The lowest BCUT2D eigenvalue weighted by molar-refractivity contribution is 0.256. The van der Waals surface area contributed by atoms with Crippen molar-refractivity contribution in [2.24, 2.45) is 4.99 Å². The van der Waals surface area contributed by atoms with E-state index >= 15 is 0 Å². The van der Waals surface area contributed by atoms with Crippen LogP contribution in [0.15, 0.2) is 87.0 Å². The molecule has 0 N–H and O–H groups in total. The number of rotatable bonds is 6. The average Bonchev–Trinajstić information content (AvgIpc) is 3.17. The molecule has 0 spiro atoms. The molecule has 0 saturated heterocycles. The normalized spacial score (nSPS) is 15.8. The number of nitrogens with zero attached hydrogens (tertiary/aromatic N) is 2. The maximum Gasteiger partial charge on any atom is 0.196 e. The predicted octanol–water partition coefficient (Wildman–Crippen LogP) is 7.34. The van der Waals surface area contributed by atoms with Crippen LogP contribution in [0, 0.1) is 6.92 Å². The van der Waals surface area contributed by atoms with Crippen molar-refractivity contribution in [1.82, 2.24) is 4.90 Å². The van der Waals surface area contributed by atoms with E-state index in [4.69, 9.17) is 21.0 Å². The minimum Gasteiger partial charge on any atom is -0.458 e. The molecule has 0 aliphatic carbocycles. The number of aryl methyl sites for hydroxylation is 1. The van der Waals surface area contributed by atoms with Gasteiger partial charge in [0.1, 0.15) is 17.2 Å². The van der Waals surface area contributed by atoms with Crippen molar-refractivity contribution in [2.45, 2.75) is 52.1 Å². The molecule has 1 atom stereocenters. The molecule has 1 aliphatic heterocycles. The van der Waals surface area contributed by atoms with Crippen molar-refractivity contribution in [3.63, 3.8) is 0 Å². The topological polar surface area (TPSA) is 45.8 Å². The Morgan fingerprint density at radius 1 is 1.06 bits per heavy atom. The number of halogens is 1. The number of benzene rings is 3. The molecule has 184 valence electrons. The quantitative estimate of drug-likeness (QED) is 0.279. The Morgan fingerprint density at radius 3 is 2.47 bits per heavy atom. The summed E-state index contributed by atoms with van der Waals surface area (Å²) in [6, 6.07) is 23.7. The second-order valence-corrected chi connectivity index (χ2v) is 10.7. The Balaban J connectivity index is 1.69. The van der Waals surface area contributed by atoms with Crippen LogP contribution in [-0.2, 0) is 6.42 Å². The fraction of sp³-hybridized carbons (Fsp3) is 0.290. The van der Waals surface area contributed by atoms with Gasteiger partial charge in [-0.05, 0) is 44.9 Å². The summed E-state index contributed by atoms with van der Waals surface area (Å²) < 4.78 is 6.58. The number of amidine groups is 1. The van der Waals surface area contributed by atoms with Crippen molar-refractivity contribution in [1.29, 1.82) is 0 Å². The summed E-state index contributed by atoms with van der Waals surface area (Å²) in [4.78, 5) is 21.3. The van der Waals surface area contributed by atoms with E-state index in [0.29, 0.717) is 33.7 Å². The number of hydrogen-bond donors (Lipinski definition) is 0. The van der Waals surface area contributed by atoms with E-state index in [1.165, 1.54) is 5.56 Å². The Morgan fingerprint density at radius 2 is 1.78 bits per heavy atom. The predicted molar refractivity (Wildman–Crippen MR) is 148 cm³/mol. The molecule has 5 heteroatoms. The third-order valence-electron chi connectivity index (χ3n) is 6.82. The third kappa shape index (κ3) is 4.70. The van der Waals surface area contributed by atoms with Crippen LogP contribution in [0.25, 0.3) is 11.0 Å². The van der Waals surface area contributed by atoms with Gasteiger partial charge in [-0.15, -0.1) is 0 Å². The van der Waals surface area contributed by atoms with E-state index in [2.05, 4.69) is 56.9 Å². The van der Waals surface area contributed by atoms with Crippen LogP contribution in [0.4, 0.5) is 0 Å². The molecule has 3 aromatic carbocycles. The monoisotopic (exact) mass is 498 g/mol. The zero-order chi connectivity index (χ0) is 25.4. The molecule has 4 nitrogen and oxygen atoms in total. The van der Waals surface area contributed by atoms with Gasteiger partial charge in [0.15, 0.2) is 5.43 Å². The molecule has 0 bridgehead atoms. The first kappa shape index (κ1) is 24.3. The highest BCUT2D eigenvalue weighted by molar-refractivity contribution is 6.31. The van der Waals surface area contributed by atoms with E-state index in [1.807, 2.05) is 30.3 Å². The van der Waals surface area contributed by atoms with Gasteiger partial charge in [0.2, 0.25) is 0 Å². The minimum absolute atomic E-state index is 0.00231. The molecule has 0 radical (unpaired) electrons. The molecule has 5 rings (SSSR count). The van der Waals surface area contributed by atoms with Crippen LogP contribution >= 0.6 is 11.6 Å². The number of hydrogen-bond acceptors (Lipinski definition) is 4. The zero-order valence-corrected chi connectivity index (χ0v) is 22.0. The first-order chi connectivity index (χ1) is 17.3. The fourth-order valence-corrected chi connectivity index (χ4v) is 5.24. The number of fused-ring (bicyclic) bond motifs is 1. The first-order valence-electron chi connectivity index (χ1n) is 12.5. The van der Waals surface area contributed by atoms with Crippen molar-refractivity contribution < 1.29 is 4.42 Å². The van der Waals surface area contributed by atoms with Crippen molar-refractivity contribution in [3.05, 3.63) is 116 Å². The second kappa shape index (κ2) is 9.59. The van der Waals surface area contributed by atoms with Gasteiger partial charge >= 0.3 is 0 Å². The summed E-state index contributed by atoms with van der Waals surface area (Å²) in [7, 11) is 0. The summed E-state index contributed by atoms with van der Waals surface area (Å²) in [5, 5.41) is 1.10. The highest BCUT2D eigenvalue weighted by Crippen LogP contribution is 2.36. The SMILES string of the molecule is CCC(c1oc2cc(Cl)ccc2c(=O)c1Cc1ccccc1)N1CC(C)(C)N=C1c1ccc(C)cc1. The lowest BCUT2D eigenvalue weighted by Crippen LogP contribution is -2.37. The number of aliphatic imine (C=N–C) groups is 1. The van der Waals surface area contributed by atoms with E-state index in [9.17, 15) is 4.79 Å². The molecular formula is C31H31ClN2O2. The van der Waals surface area contributed by atoms with Gasteiger partial charge in [0.25, 0.3) is 0 Å². The van der Waals surface area contributed by atoms with Crippen LogP contribution in [0.1, 0.15) is 61.2 Å². The molecule has 36 heavy (non-hydrogen) atoms. The van der Waals surface area contributed by atoms with E-state index in [1.54, 1.807) is 18.2 Å². The molecule has 0 amide bonds. The summed E-state index contributed by atoms with van der Waals surface area (Å²) >= 11 is 6.30. The average molecular weight is 499 g/mol. The Labute approximate surface area is 217 Å². The highest BCUT2D eigenvalue weighted by Gasteiger charge is 2.38. The Hall–Kier alpha value is -3.37. The Kier molecular flexibility index (Phi) is 6.48. The van der Waals surface area contributed by atoms with Gasteiger partial charge in [0.05, 0.1) is 17.0 Å². The Bertz CT molecular complexity index is 1490. The largest absolute Gasteiger partial charge is 0.458 e. The minimum atomic E-state index is -0.256. The third-order valence-corrected chi connectivity index (χ3v) is 7.05. The van der Waals surface area contributed by atoms with Crippen LogP contribution in [-0.4, -0.2) is 22.8 Å². The molecular weight excluding hydrogens is 468 g/mol. The molecule has 1 aliphatic rings. The highest BCUT2D eigenvalue weighted by atomic mass is 35.5. The zero-order valence-electron chi connectivity index (χ0n) is 21.2. The van der Waals surface area contributed by atoms with Crippen molar-refractivity contribution in [3.8, 4) is 0 Å². The van der Waals surface area contributed by atoms with Gasteiger partial charge in [-0.3, -0.25) is 9.79 Å². The van der Waals surface area contributed by atoms with Crippen LogP contribution in [0.2, 0.25) is 5.02 Å². The van der Waals surface area contributed by atoms with Crippen molar-refractivity contribution >= 4 is 28.4 Å². The summed E-state index contributed by atoms with van der Waals surface area (Å²) in [6.07, 6.45) is 1.26. The van der Waals surface area contributed by atoms with Gasteiger partial charge in [-0.1, -0.05) is 78.7 Å². The van der Waals surface area contributed by atoms with E-state index < -0.39 is 0 Å². The van der Waals surface area contributed by atoms with E-state index in [0.717, 1.165) is 29.9 Å².